The molecule has 2 rings (SSSR count). The normalized spacial score (nSPS) is 27.2. The number of methoxy groups -OCH3 is 3. The van der Waals surface area contributed by atoms with Crippen LogP contribution in [0, 0.1) is 5.92 Å². The Hall–Kier alpha value is -1.26. The fourth-order valence-electron chi connectivity index (χ4n) is 3.43. The van der Waals surface area contributed by atoms with E-state index in [0.29, 0.717) is 17.4 Å². The van der Waals surface area contributed by atoms with E-state index in [9.17, 15) is 5.11 Å². The van der Waals surface area contributed by atoms with Crippen molar-refractivity contribution in [3.05, 3.63) is 23.8 Å². The Morgan fingerprint density at radius 3 is 2.57 bits per heavy atom. The Kier molecular flexibility index (Phi) is 5.12. The molecular formula is C17H26O4. The maximum atomic E-state index is 11.0. The van der Waals surface area contributed by atoms with Crippen molar-refractivity contribution in [1.29, 1.82) is 0 Å². The van der Waals surface area contributed by atoms with Gasteiger partial charge in [-0.15, -0.1) is 0 Å². The zero-order chi connectivity index (χ0) is 15.5. The van der Waals surface area contributed by atoms with Crippen LogP contribution in [0.1, 0.15) is 44.3 Å². The summed E-state index contributed by atoms with van der Waals surface area (Å²) in [5.74, 6) is 1.92. The second kappa shape index (κ2) is 6.67. The fourth-order valence-corrected chi connectivity index (χ4v) is 3.43. The number of benzene rings is 1. The summed E-state index contributed by atoms with van der Waals surface area (Å²) < 4.78 is 16.5. The highest BCUT2D eigenvalue weighted by Crippen LogP contribution is 2.45. The van der Waals surface area contributed by atoms with Crippen molar-refractivity contribution in [1.82, 2.24) is 0 Å². The van der Waals surface area contributed by atoms with Gasteiger partial charge in [0.25, 0.3) is 0 Å². The van der Waals surface area contributed by atoms with Crippen LogP contribution in [0.25, 0.3) is 0 Å². The molecule has 3 unspecified atom stereocenters. The van der Waals surface area contributed by atoms with Gasteiger partial charge < -0.3 is 19.3 Å². The maximum absolute atomic E-state index is 11.0. The van der Waals surface area contributed by atoms with Gasteiger partial charge in [-0.25, -0.2) is 0 Å². The van der Waals surface area contributed by atoms with Gasteiger partial charge in [0.05, 0.1) is 19.8 Å². The van der Waals surface area contributed by atoms with Crippen LogP contribution in [0.15, 0.2) is 18.2 Å². The summed E-state index contributed by atoms with van der Waals surface area (Å²) in [6.07, 6.45) is 3.24. The number of rotatable bonds is 5. The van der Waals surface area contributed by atoms with E-state index in [-0.39, 0.29) is 0 Å². The predicted octanol–water partition coefficient (Wildman–Crippen LogP) is 3.33. The van der Waals surface area contributed by atoms with Crippen LogP contribution < -0.4 is 9.47 Å². The average molecular weight is 294 g/mol. The number of ether oxygens (including phenoxy) is 3. The van der Waals surface area contributed by atoms with Crippen LogP contribution in [-0.4, -0.2) is 32.0 Å². The van der Waals surface area contributed by atoms with E-state index < -0.39 is 11.7 Å². The minimum Gasteiger partial charge on any atom is -0.497 e. The first-order chi connectivity index (χ1) is 10.1. The molecule has 0 aliphatic heterocycles. The van der Waals surface area contributed by atoms with Crippen molar-refractivity contribution in [3.63, 3.8) is 0 Å². The number of aliphatic hydroxyl groups excluding tert-OH is 1. The van der Waals surface area contributed by atoms with Gasteiger partial charge in [-0.2, -0.15) is 0 Å². The quantitative estimate of drug-likeness (QED) is 0.905. The van der Waals surface area contributed by atoms with Gasteiger partial charge in [-0.1, -0.05) is 19.8 Å². The van der Waals surface area contributed by atoms with E-state index >= 15 is 0 Å². The van der Waals surface area contributed by atoms with Crippen LogP contribution in [0.2, 0.25) is 0 Å². The second-order valence-corrected chi connectivity index (χ2v) is 5.98. The Bertz CT molecular complexity index is 474. The molecular weight excluding hydrogens is 268 g/mol. The first-order valence-electron chi connectivity index (χ1n) is 7.51. The molecule has 1 fully saturated rings. The summed E-state index contributed by atoms with van der Waals surface area (Å²) in [6.45, 7) is 2.21. The van der Waals surface area contributed by atoms with Gasteiger partial charge >= 0.3 is 0 Å². The Morgan fingerprint density at radius 1 is 1.24 bits per heavy atom. The number of aliphatic hydroxyl groups is 1. The van der Waals surface area contributed by atoms with Crippen molar-refractivity contribution in [2.24, 2.45) is 5.92 Å². The molecule has 21 heavy (non-hydrogen) atoms. The lowest BCUT2D eigenvalue weighted by Crippen LogP contribution is -2.42. The molecule has 0 heterocycles. The van der Waals surface area contributed by atoms with Gasteiger partial charge in [-0.3, -0.25) is 0 Å². The molecule has 4 nitrogen and oxygen atoms in total. The lowest BCUT2D eigenvalue weighted by molar-refractivity contribution is -0.134. The van der Waals surface area contributed by atoms with Crippen molar-refractivity contribution < 1.29 is 19.3 Å². The van der Waals surface area contributed by atoms with Crippen molar-refractivity contribution in [3.8, 4) is 11.5 Å². The summed E-state index contributed by atoms with van der Waals surface area (Å²) in [7, 11) is 4.92. The van der Waals surface area contributed by atoms with Crippen LogP contribution in [0.3, 0.4) is 0 Å². The molecule has 0 aromatic heterocycles. The molecule has 0 amide bonds. The van der Waals surface area contributed by atoms with Crippen molar-refractivity contribution in [2.45, 2.75) is 44.3 Å². The average Bonchev–Trinajstić information content (AvgIpc) is 2.53. The number of hydrogen-bond donors (Lipinski definition) is 1. The molecule has 4 heteroatoms. The third-order valence-electron chi connectivity index (χ3n) is 4.63. The minimum absolute atomic E-state index is 0.544. The third kappa shape index (κ3) is 3.16. The molecule has 0 saturated heterocycles. The maximum Gasteiger partial charge on any atom is 0.125 e. The molecule has 1 saturated carbocycles. The molecule has 1 N–H and O–H groups in total. The lowest BCUT2D eigenvalue weighted by atomic mass is 9.74. The van der Waals surface area contributed by atoms with Gasteiger partial charge in [-0.05, 0) is 37.0 Å². The van der Waals surface area contributed by atoms with Gasteiger partial charge in [0.1, 0.15) is 17.6 Å². The summed E-state index contributed by atoms with van der Waals surface area (Å²) in [5, 5.41) is 11.0. The largest absolute Gasteiger partial charge is 0.497 e. The minimum atomic E-state index is -0.727. The summed E-state index contributed by atoms with van der Waals surface area (Å²) in [5.41, 5.74) is 0.185. The van der Waals surface area contributed by atoms with E-state index in [4.69, 9.17) is 14.2 Å². The van der Waals surface area contributed by atoms with E-state index in [0.717, 1.165) is 24.8 Å². The van der Waals surface area contributed by atoms with Gasteiger partial charge in [0, 0.05) is 12.7 Å². The molecule has 1 aliphatic rings. The van der Waals surface area contributed by atoms with E-state index in [1.165, 1.54) is 6.42 Å². The van der Waals surface area contributed by atoms with E-state index in [1.54, 1.807) is 21.3 Å². The number of hydrogen-bond acceptors (Lipinski definition) is 4. The first-order valence-corrected chi connectivity index (χ1v) is 7.51. The topological polar surface area (TPSA) is 47.9 Å². The molecule has 3 atom stereocenters. The predicted molar refractivity (Wildman–Crippen MR) is 81.9 cm³/mol. The highest BCUT2D eigenvalue weighted by atomic mass is 16.5. The van der Waals surface area contributed by atoms with Crippen LogP contribution in [-0.2, 0) is 4.74 Å². The molecule has 0 bridgehead atoms. The SMILES string of the molecule is COc1ccc(OC)c(C(O)C2(OC)CCCC(C)C2)c1. The first kappa shape index (κ1) is 16.1. The van der Waals surface area contributed by atoms with E-state index in [1.807, 2.05) is 18.2 Å². The monoisotopic (exact) mass is 294 g/mol. The standard InChI is InChI=1S/C17H26O4/c1-12-6-5-9-17(11-12,21-4)16(18)14-10-13(19-2)7-8-15(14)20-3/h7-8,10,12,16,18H,5-6,9,11H2,1-4H3. The Labute approximate surface area is 127 Å². The zero-order valence-corrected chi connectivity index (χ0v) is 13.4. The van der Waals surface area contributed by atoms with Crippen molar-refractivity contribution >= 4 is 0 Å². The van der Waals surface area contributed by atoms with E-state index in [2.05, 4.69) is 6.92 Å². The van der Waals surface area contributed by atoms with Crippen LogP contribution in [0.4, 0.5) is 0 Å². The lowest BCUT2D eigenvalue weighted by Gasteiger charge is -2.42. The highest BCUT2D eigenvalue weighted by molar-refractivity contribution is 5.42. The summed E-state index contributed by atoms with van der Waals surface area (Å²) in [6, 6.07) is 5.49. The summed E-state index contributed by atoms with van der Waals surface area (Å²) >= 11 is 0. The zero-order valence-electron chi connectivity index (χ0n) is 13.4. The Balaban J connectivity index is 2.38. The van der Waals surface area contributed by atoms with Gasteiger partial charge in [0.2, 0.25) is 0 Å². The molecule has 1 aromatic rings. The Morgan fingerprint density at radius 2 is 2.00 bits per heavy atom. The molecule has 1 aliphatic carbocycles. The van der Waals surface area contributed by atoms with Crippen LogP contribution >= 0.6 is 0 Å². The smallest absolute Gasteiger partial charge is 0.125 e. The fraction of sp³-hybridized carbons (Fsp3) is 0.647. The molecule has 1 aromatic carbocycles. The molecule has 0 radical (unpaired) electrons. The van der Waals surface area contributed by atoms with Gasteiger partial charge in [0.15, 0.2) is 0 Å². The molecule has 118 valence electrons. The molecule has 0 spiro atoms. The second-order valence-electron chi connectivity index (χ2n) is 5.98. The van der Waals surface area contributed by atoms with Crippen molar-refractivity contribution in [2.75, 3.05) is 21.3 Å². The highest BCUT2D eigenvalue weighted by Gasteiger charge is 2.43. The summed E-state index contributed by atoms with van der Waals surface area (Å²) in [4.78, 5) is 0. The van der Waals surface area contributed by atoms with Crippen LogP contribution in [0.5, 0.6) is 11.5 Å². The third-order valence-corrected chi connectivity index (χ3v) is 4.63.